The van der Waals surface area contributed by atoms with E-state index >= 15 is 0 Å². The summed E-state index contributed by atoms with van der Waals surface area (Å²) < 4.78 is 0. The Morgan fingerprint density at radius 1 is 1.71 bits per heavy atom. The topological polar surface area (TPSA) is 40.5 Å². The molecular formula is C10H19NO2S. The molecule has 1 heterocycles. The summed E-state index contributed by atoms with van der Waals surface area (Å²) in [7, 11) is 2.11. The molecule has 0 aromatic heterocycles. The van der Waals surface area contributed by atoms with Crippen molar-refractivity contribution in [1.82, 2.24) is 4.90 Å². The van der Waals surface area contributed by atoms with E-state index in [1.54, 1.807) is 0 Å². The van der Waals surface area contributed by atoms with Crippen LogP contribution in [0.5, 0.6) is 0 Å². The minimum Gasteiger partial charge on any atom is -0.481 e. The molecule has 0 aromatic rings. The lowest BCUT2D eigenvalue weighted by molar-refractivity contribution is -0.137. The van der Waals surface area contributed by atoms with E-state index in [9.17, 15) is 4.79 Å². The first kappa shape index (κ1) is 11.9. The Hall–Kier alpha value is -0.220. The molecule has 1 fully saturated rings. The lowest BCUT2D eigenvalue weighted by Gasteiger charge is -2.29. The minimum atomic E-state index is -0.689. The minimum absolute atomic E-state index is 0.283. The second-order valence-corrected chi connectivity index (χ2v) is 5.11. The number of carbonyl (C=O) groups is 1. The van der Waals surface area contributed by atoms with Gasteiger partial charge in [-0.25, -0.2) is 0 Å². The maximum atomic E-state index is 10.4. The molecule has 1 aliphatic heterocycles. The van der Waals surface area contributed by atoms with E-state index in [1.165, 1.54) is 17.9 Å². The quantitative estimate of drug-likeness (QED) is 0.760. The Morgan fingerprint density at radius 2 is 2.43 bits per heavy atom. The molecule has 82 valence electrons. The van der Waals surface area contributed by atoms with Gasteiger partial charge in [0.15, 0.2) is 0 Å². The predicted molar refractivity (Wildman–Crippen MR) is 59.8 cm³/mol. The van der Waals surface area contributed by atoms with Crippen molar-refractivity contribution in [3.05, 3.63) is 0 Å². The zero-order valence-electron chi connectivity index (χ0n) is 8.90. The fraction of sp³-hybridized carbons (Fsp3) is 0.900. The molecule has 0 saturated carbocycles. The Labute approximate surface area is 89.9 Å². The van der Waals surface area contributed by atoms with Crippen LogP contribution in [0.3, 0.4) is 0 Å². The highest BCUT2D eigenvalue weighted by Gasteiger charge is 2.23. The van der Waals surface area contributed by atoms with Gasteiger partial charge in [-0.1, -0.05) is 0 Å². The van der Waals surface area contributed by atoms with Gasteiger partial charge in [0, 0.05) is 24.3 Å². The smallest absolute Gasteiger partial charge is 0.303 e. The third-order valence-corrected chi connectivity index (χ3v) is 4.10. The molecule has 0 bridgehead atoms. The van der Waals surface area contributed by atoms with Crippen molar-refractivity contribution in [3.63, 3.8) is 0 Å². The number of rotatable bonds is 5. The Morgan fingerprint density at radius 3 is 2.93 bits per heavy atom. The molecule has 1 N–H and O–H groups in total. The van der Waals surface area contributed by atoms with Crippen molar-refractivity contribution in [2.45, 2.75) is 38.3 Å². The van der Waals surface area contributed by atoms with Crippen LogP contribution >= 0.6 is 11.8 Å². The van der Waals surface area contributed by atoms with Gasteiger partial charge in [0.05, 0.1) is 0 Å². The van der Waals surface area contributed by atoms with Crippen molar-refractivity contribution in [1.29, 1.82) is 0 Å². The SMILES string of the molecule is CC(CCC(=O)O)N(C)C1CCSC1. The lowest BCUT2D eigenvalue weighted by Crippen LogP contribution is -2.38. The van der Waals surface area contributed by atoms with Gasteiger partial charge in [-0.2, -0.15) is 11.8 Å². The van der Waals surface area contributed by atoms with Crippen molar-refractivity contribution >= 4 is 17.7 Å². The summed E-state index contributed by atoms with van der Waals surface area (Å²) in [5.41, 5.74) is 0. The number of hydrogen-bond donors (Lipinski definition) is 1. The average Bonchev–Trinajstić information content (AvgIpc) is 2.65. The summed E-state index contributed by atoms with van der Waals surface area (Å²) in [6.45, 7) is 2.12. The van der Waals surface area contributed by atoms with Gasteiger partial charge in [0.25, 0.3) is 0 Å². The van der Waals surface area contributed by atoms with E-state index < -0.39 is 5.97 Å². The largest absolute Gasteiger partial charge is 0.481 e. The number of hydrogen-bond acceptors (Lipinski definition) is 3. The van der Waals surface area contributed by atoms with Crippen LogP contribution in [0.2, 0.25) is 0 Å². The van der Waals surface area contributed by atoms with Gasteiger partial charge in [-0.3, -0.25) is 9.69 Å². The lowest BCUT2D eigenvalue weighted by atomic mass is 10.1. The Bertz CT molecular complexity index is 193. The van der Waals surface area contributed by atoms with Crippen molar-refractivity contribution in [2.24, 2.45) is 0 Å². The molecule has 2 unspecified atom stereocenters. The predicted octanol–water partition coefficient (Wildman–Crippen LogP) is 1.68. The molecule has 1 aliphatic rings. The molecular weight excluding hydrogens is 198 g/mol. The second-order valence-electron chi connectivity index (χ2n) is 3.96. The third kappa shape index (κ3) is 3.50. The maximum absolute atomic E-state index is 10.4. The van der Waals surface area contributed by atoms with Crippen LogP contribution in [0.1, 0.15) is 26.2 Å². The van der Waals surface area contributed by atoms with Gasteiger partial charge in [-0.15, -0.1) is 0 Å². The summed E-state index contributed by atoms with van der Waals surface area (Å²) in [4.78, 5) is 12.8. The van der Waals surface area contributed by atoms with Crippen LogP contribution in [0.25, 0.3) is 0 Å². The van der Waals surface area contributed by atoms with E-state index in [0.717, 1.165) is 6.42 Å². The Kier molecular flexibility index (Phi) is 4.75. The summed E-state index contributed by atoms with van der Waals surface area (Å²) in [6, 6.07) is 1.04. The highest BCUT2D eigenvalue weighted by molar-refractivity contribution is 7.99. The van der Waals surface area contributed by atoms with Crippen LogP contribution in [-0.4, -0.2) is 46.6 Å². The summed E-state index contributed by atoms with van der Waals surface area (Å²) in [5.74, 6) is 1.76. The monoisotopic (exact) mass is 217 g/mol. The number of nitrogens with zero attached hydrogens (tertiary/aromatic N) is 1. The van der Waals surface area contributed by atoms with E-state index in [4.69, 9.17) is 5.11 Å². The zero-order chi connectivity index (χ0) is 10.6. The molecule has 1 saturated heterocycles. The number of aliphatic carboxylic acids is 1. The van der Waals surface area contributed by atoms with Crippen LogP contribution in [0.15, 0.2) is 0 Å². The van der Waals surface area contributed by atoms with Crippen LogP contribution in [0.4, 0.5) is 0 Å². The van der Waals surface area contributed by atoms with E-state index in [0.29, 0.717) is 12.1 Å². The van der Waals surface area contributed by atoms with Crippen LogP contribution < -0.4 is 0 Å². The van der Waals surface area contributed by atoms with Crippen molar-refractivity contribution in [3.8, 4) is 0 Å². The molecule has 0 aromatic carbocycles. The molecule has 4 heteroatoms. The normalized spacial score (nSPS) is 24.1. The molecule has 0 spiro atoms. The second kappa shape index (κ2) is 5.61. The molecule has 0 aliphatic carbocycles. The molecule has 3 nitrogen and oxygen atoms in total. The van der Waals surface area contributed by atoms with Gasteiger partial charge < -0.3 is 5.11 Å². The number of carboxylic acid groups (broad SMARTS) is 1. The molecule has 0 radical (unpaired) electrons. The molecule has 0 amide bonds. The zero-order valence-corrected chi connectivity index (χ0v) is 9.72. The van der Waals surface area contributed by atoms with Gasteiger partial charge in [-0.05, 0) is 32.6 Å². The van der Waals surface area contributed by atoms with Crippen LogP contribution in [-0.2, 0) is 4.79 Å². The summed E-state index contributed by atoms with van der Waals surface area (Å²) in [5, 5.41) is 8.59. The van der Waals surface area contributed by atoms with Crippen molar-refractivity contribution in [2.75, 3.05) is 18.6 Å². The average molecular weight is 217 g/mol. The van der Waals surface area contributed by atoms with E-state index in [1.807, 2.05) is 11.8 Å². The first-order valence-electron chi connectivity index (χ1n) is 5.12. The fourth-order valence-corrected chi connectivity index (χ4v) is 3.02. The van der Waals surface area contributed by atoms with Gasteiger partial charge in [0.2, 0.25) is 0 Å². The van der Waals surface area contributed by atoms with E-state index in [-0.39, 0.29) is 6.42 Å². The first-order chi connectivity index (χ1) is 6.61. The first-order valence-corrected chi connectivity index (χ1v) is 6.28. The fourth-order valence-electron chi connectivity index (χ4n) is 1.74. The Balaban J connectivity index is 2.27. The highest BCUT2D eigenvalue weighted by Crippen LogP contribution is 2.23. The maximum Gasteiger partial charge on any atom is 0.303 e. The van der Waals surface area contributed by atoms with E-state index in [2.05, 4.69) is 18.9 Å². The molecule has 2 atom stereocenters. The summed E-state index contributed by atoms with van der Waals surface area (Å²) >= 11 is 1.99. The molecule has 1 rings (SSSR count). The molecule has 14 heavy (non-hydrogen) atoms. The van der Waals surface area contributed by atoms with Crippen molar-refractivity contribution < 1.29 is 9.90 Å². The van der Waals surface area contributed by atoms with Gasteiger partial charge in [0.1, 0.15) is 0 Å². The van der Waals surface area contributed by atoms with Crippen LogP contribution in [0, 0.1) is 0 Å². The number of carboxylic acids is 1. The standard InChI is InChI=1S/C10H19NO2S/c1-8(3-4-10(12)13)11(2)9-5-6-14-7-9/h8-9H,3-7H2,1-2H3,(H,12,13). The van der Waals surface area contributed by atoms with Gasteiger partial charge >= 0.3 is 5.97 Å². The number of thioether (sulfide) groups is 1. The third-order valence-electron chi connectivity index (χ3n) is 2.95. The summed E-state index contributed by atoms with van der Waals surface area (Å²) in [6.07, 6.45) is 2.29. The highest BCUT2D eigenvalue weighted by atomic mass is 32.2.